The normalized spacial score (nSPS) is 10.1. The Labute approximate surface area is 109 Å². The van der Waals surface area contributed by atoms with Crippen molar-refractivity contribution in [1.82, 2.24) is 9.55 Å². The number of aryl methyl sites for hydroxylation is 1. The van der Waals surface area contributed by atoms with Crippen LogP contribution >= 0.6 is 0 Å². The SMILES string of the molecule is Nc1ccc(NC(=O)CCn2cnccc2=O)cc1. The number of aromatic nitrogens is 2. The standard InChI is InChI=1S/C13H14N4O2/c14-10-1-3-11(4-2-10)16-12(18)6-8-17-9-15-7-5-13(17)19/h1-5,7,9H,6,8,14H2,(H,16,18). The van der Waals surface area contributed by atoms with E-state index in [1.165, 1.54) is 23.2 Å². The van der Waals surface area contributed by atoms with Crippen molar-refractivity contribution in [3.05, 3.63) is 53.2 Å². The number of amides is 1. The molecule has 19 heavy (non-hydrogen) atoms. The number of benzene rings is 1. The minimum absolute atomic E-state index is 0.166. The van der Waals surface area contributed by atoms with E-state index < -0.39 is 0 Å². The molecule has 2 aromatic rings. The third kappa shape index (κ3) is 3.67. The molecule has 0 aliphatic carbocycles. The monoisotopic (exact) mass is 258 g/mol. The maximum Gasteiger partial charge on any atom is 0.253 e. The summed E-state index contributed by atoms with van der Waals surface area (Å²) in [6.07, 6.45) is 3.04. The zero-order chi connectivity index (χ0) is 13.7. The number of hydrogen-bond acceptors (Lipinski definition) is 4. The summed E-state index contributed by atoms with van der Waals surface area (Å²) < 4.78 is 1.39. The molecule has 0 radical (unpaired) electrons. The highest BCUT2D eigenvalue weighted by atomic mass is 16.1. The van der Waals surface area contributed by atoms with Crippen LogP contribution in [0.3, 0.4) is 0 Å². The number of nitrogens with one attached hydrogen (secondary N) is 1. The molecule has 1 amide bonds. The molecule has 1 heterocycles. The van der Waals surface area contributed by atoms with Crippen molar-refractivity contribution in [1.29, 1.82) is 0 Å². The molecule has 0 saturated carbocycles. The molecule has 98 valence electrons. The van der Waals surface area contributed by atoms with Crippen molar-refractivity contribution >= 4 is 17.3 Å². The van der Waals surface area contributed by atoms with E-state index in [4.69, 9.17) is 5.73 Å². The second-order valence-corrected chi connectivity index (χ2v) is 4.03. The second kappa shape index (κ2) is 5.81. The predicted molar refractivity (Wildman–Crippen MR) is 72.6 cm³/mol. The molecule has 0 aliphatic rings. The minimum Gasteiger partial charge on any atom is -0.399 e. The molecule has 0 fully saturated rings. The Balaban J connectivity index is 1.90. The molecule has 0 aliphatic heterocycles. The number of nitrogens with two attached hydrogens (primary N) is 1. The lowest BCUT2D eigenvalue weighted by molar-refractivity contribution is -0.116. The van der Waals surface area contributed by atoms with Gasteiger partial charge in [-0.3, -0.25) is 14.2 Å². The third-order valence-electron chi connectivity index (χ3n) is 2.57. The van der Waals surface area contributed by atoms with Crippen LogP contribution in [0, 0.1) is 0 Å². The number of rotatable bonds is 4. The first kappa shape index (κ1) is 12.8. The molecule has 1 aromatic heterocycles. The lowest BCUT2D eigenvalue weighted by Gasteiger charge is -2.06. The van der Waals surface area contributed by atoms with Gasteiger partial charge in [-0.05, 0) is 24.3 Å². The maximum absolute atomic E-state index is 11.7. The molecular weight excluding hydrogens is 244 g/mol. The highest BCUT2D eigenvalue weighted by Gasteiger charge is 2.03. The van der Waals surface area contributed by atoms with Crippen LogP contribution in [0.25, 0.3) is 0 Å². The van der Waals surface area contributed by atoms with E-state index in [1.54, 1.807) is 24.3 Å². The van der Waals surface area contributed by atoms with Crippen LogP contribution in [0.4, 0.5) is 11.4 Å². The van der Waals surface area contributed by atoms with Crippen LogP contribution in [-0.4, -0.2) is 15.5 Å². The summed E-state index contributed by atoms with van der Waals surface area (Å²) in [5.74, 6) is -0.166. The first-order valence-corrected chi connectivity index (χ1v) is 5.81. The van der Waals surface area contributed by atoms with Gasteiger partial charge in [-0.15, -0.1) is 0 Å². The fraction of sp³-hybridized carbons (Fsp3) is 0.154. The summed E-state index contributed by atoms with van der Waals surface area (Å²) in [6, 6.07) is 8.23. The number of anilines is 2. The van der Waals surface area contributed by atoms with Crippen molar-refractivity contribution in [2.45, 2.75) is 13.0 Å². The zero-order valence-electron chi connectivity index (χ0n) is 10.2. The van der Waals surface area contributed by atoms with Crippen LogP contribution in [0.1, 0.15) is 6.42 Å². The molecule has 0 bridgehead atoms. The van der Waals surface area contributed by atoms with Gasteiger partial charge >= 0.3 is 0 Å². The predicted octanol–water partition coefficient (Wildman–Crippen LogP) is 0.854. The van der Waals surface area contributed by atoms with E-state index in [1.807, 2.05) is 0 Å². The van der Waals surface area contributed by atoms with Gasteiger partial charge in [0.15, 0.2) is 0 Å². The molecule has 3 N–H and O–H groups in total. The minimum atomic E-state index is -0.171. The van der Waals surface area contributed by atoms with Gasteiger partial charge in [-0.25, -0.2) is 4.98 Å². The highest BCUT2D eigenvalue weighted by Crippen LogP contribution is 2.10. The fourth-order valence-corrected chi connectivity index (χ4v) is 1.56. The zero-order valence-corrected chi connectivity index (χ0v) is 10.2. The van der Waals surface area contributed by atoms with Gasteiger partial charge in [0.05, 0.1) is 6.33 Å². The van der Waals surface area contributed by atoms with E-state index in [-0.39, 0.29) is 17.9 Å². The van der Waals surface area contributed by atoms with Gasteiger partial charge in [-0.1, -0.05) is 0 Å². The molecular formula is C13H14N4O2. The van der Waals surface area contributed by atoms with Gasteiger partial charge in [0.1, 0.15) is 0 Å². The first-order chi connectivity index (χ1) is 9.15. The molecule has 0 spiro atoms. The summed E-state index contributed by atoms with van der Waals surface area (Å²) in [5.41, 5.74) is 6.70. The average Bonchev–Trinajstić information content (AvgIpc) is 2.40. The van der Waals surface area contributed by atoms with Crippen molar-refractivity contribution in [2.24, 2.45) is 0 Å². The summed E-state index contributed by atoms with van der Waals surface area (Å²) in [7, 11) is 0. The molecule has 0 saturated heterocycles. The van der Waals surface area contributed by atoms with Gasteiger partial charge in [0, 0.05) is 36.6 Å². The summed E-state index contributed by atoms with van der Waals surface area (Å²) >= 11 is 0. The quantitative estimate of drug-likeness (QED) is 0.796. The van der Waals surface area contributed by atoms with Gasteiger partial charge in [0.25, 0.3) is 5.56 Å². The lowest BCUT2D eigenvalue weighted by atomic mass is 10.3. The third-order valence-corrected chi connectivity index (χ3v) is 2.57. The van der Waals surface area contributed by atoms with E-state index >= 15 is 0 Å². The van der Waals surface area contributed by atoms with E-state index in [9.17, 15) is 9.59 Å². The van der Waals surface area contributed by atoms with Crippen molar-refractivity contribution < 1.29 is 4.79 Å². The van der Waals surface area contributed by atoms with Crippen LogP contribution < -0.4 is 16.6 Å². The van der Waals surface area contributed by atoms with Gasteiger partial charge in [-0.2, -0.15) is 0 Å². The Morgan fingerprint density at radius 2 is 2.00 bits per heavy atom. The van der Waals surface area contributed by atoms with Crippen molar-refractivity contribution in [3.8, 4) is 0 Å². The van der Waals surface area contributed by atoms with E-state index in [0.717, 1.165) is 0 Å². The number of nitrogens with zero attached hydrogens (tertiary/aromatic N) is 2. The molecule has 2 rings (SSSR count). The van der Waals surface area contributed by atoms with Crippen molar-refractivity contribution in [3.63, 3.8) is 0 Å². The lowest BCUT2D eigenvalue weighted by Crippen LogP contribution is -2.22. The first-order valence-electron chi connectivity index (χ1n) is 5.81. The molecule has 6 nitrogen and oxygen atoms in total. The second-order valence-electron chi connectivity index (χ2n) is 4.03. The van der Waals surface area contributed by atoms with Crippen molar-refractivity contribution in [2.75, 3.05) is 11.1 Å². The molecule has 6 heteroatoms. The van der Waals surface area contributed by atoms with Crippen LogP contribution in [-0.2, 0) is 11.3 Å². The Morgan fingerprint density at radius 3 is 2.68 bits per heavy atom. The molecule has 1 aromatic carbocycles. The molecule has 0 unspecified atom stereocenters. The number of carbonyl (C=O) groups excluding carboxylic acids is 1. The Bertz CT molecular complexity index is 619. The van der Waals surface area contributed by atoms with Crippen LogP contribution in [0.5, 0.6) is 0 Å². The van der Waals surface area contributed by atoms with Gasteiger partial charge < -0.3 is 11.1 Å². The Kier molecular flexibility index (Phi) is 3.92. The maximum atomic E-state index is 11.7. The highest BCUT2D eigenvalue weighted by molar-refractivity contribution is 5.90. The fourth-order valence-electron chi connectivity index (χ4n) is 1.56. The van der Waals surface area contributed by atoms with E-state index in [2.05, 4.69) is 10.3 Å². The summed E-state index contributed by atoms with van der Waals surface area (Å²) in [4.78, 5) is 26.9. The number of carbonyl (C=O) groups is 1. The Hall–Kier alpha value is -2.63. The van der Waals surface area contributed by atoms with Gasteiger partial charge in [0.2, 0.25) is 5.91 Å². The molecule has 0 atom stereocenters. The van der Waals surface area contributed by atoms with Crippen LogP contribution in [0.2, 0.25) is 0 Å². The summed E-state index contributed by atoms with van der Waals surface area (Å²) in [6.45, 7) is 0.299. The number of hydrogen-bond donors (Lipinski definition) is 2. The average molecular weight is 258 g/mol. The Morgan fingerprint density at radius 1 is 1.26 bits per heavy atom. The number of nitrogen functional groups attached to an aromatic ring is 1. The smallest absolute Gasteiger partial charge is 0.253 e. The van der Waals surface area contributed by atoms with E-state index in [0.29, 0.717) is 17.9 Å². The summed E-state index contributed by atoms with van der Waals surface area (Å²) in [5, 5.41) is 2.73. The van der Waals surface area contributed by atoms with Crippen LogP contribution in [0.15, 0.2) is 47.7 Å². The largest absolute Gasteiger partial charge is 0.399 e. The topological polar surface area (TPSA) is 90.0 Å².